The summed E-state index contributed by atoms with van der Waals surface area (Å²) in [6.07, 6.45) is 2.07. The molecule has 3 N–H and O–H groups in total. The number of nitrogens with two attached hydrogens (primary N) is 1. The lowest BCUT2D eigenvalue weighted by molar-refractivity contribution is -0.137. The molecular weight excluding hydrogens is 403 g/mol. The average molecular weight is 424 g/mol. The third-order valence-corrected chi connectivity index (χ3v) is 6.00. The highest BCUT2D eigenvalue weighted by Gasteiger charge is 2.42. The highest BCUT2D eigenvalue weighted by atomic mass is 19.1. The van der Waals surface area contributed by atoms with E-state index in [1.54, 1.807) is 7.05 Å². The molecule has 1 aliphatic carbocycles. The lowest BCUT2D eigenvalue weighted by atomic mass is 10.0. The lowest BCUT2D eigenvalue weighted by Crippen LogP contribution is -2.37. The standard InChI is InChI=1S/C22H21FN4O4/c1-26-7-6-22(30,21(26)29)5-4-13-10-14-16(11-15(13)23)31-9-8-27-18(12-2-3-12)17(19(24)28)25-20(14)27/h10-12,30H,2-3,6-9H2,1H3,(H2,24,28)/t22-/m0/s1. The number of nitrogens with zero attached hydrogens (tertiary/aromatic N) is 3. The molecule has 9 heteroatoms. The van der Waals surface area contributed by atoms with Crippen LogP contribution in [-0.2, 0) is 11.3 Å². The van der Waals surface area contributed by atoms with E-state index in [0.29, 0.717) is 36.8 Å². The van der Waals surface area contributed by atoms with E-state index in [2.05, 4.69) is 16.8 Å². The topological polar surface area (TPSA) is 111 Å². The first kappa shape index (κ1) is 19.6. The molecule has 2 fully saturated rings. The maximum absolute atomic E-state index is 14.7. The second-order valence-electron chi connectivity index (χ2n) is 8.22. The minimum absolute atomic E-state index is 0.00294. The highest BCUT2D eigenvalue weighted by molar-refractivity contribution is 5.93. The van der Waals surface area contributed by atoms with Gasteiger partial charge in [-0.25, -0.2) is 9.37 Å². The Morgan fingerprint density at radius 1 is 1.39 bits per heavy atom. The fourth-order valence-electron chi connectivity index (χ4n) is 4.18. The van der Waals surface area contributed by atoms with Crippen LogP contribution in [0.1, 0.15) is 46.9 Å². The van der Waals surface area contributed by atoms with E-state index in [1.165, 1.54) is 17.0 Å². The number of likely N-dealkylation sites (N-methyl/N-ethyl adjacent to an activating group) is 1. The molecule has 160 valence electrons. The summed E-state index contributed by atoms with van der Waals surface area (Å²) in [7, 11) is 1.58. The van der Waals surface area contributed by atoms with Gasteiger partial charge in [0.2, 0.25) is 5.60 Å². The summed E-state index contributed by atoms with van der Waals surface area (Å²) in [4.78, 5) is 30.0. The quantitative estimate of drug-likeness (QED) is 0.699. The predicted molar refractivity (Wildman–Crippen MR) is 108 cm³/mol. The van der Waals surface area contributed by atoms with Crippen molar-refractivity contribution in [2.45, 2.75) is 37.3 Å². The van der Waals surface area contributed by atoms with Crippen LogP contribution in [0.3, 0.4) is 0 Å². The molecule has 3 heterocycles. The largest absolute Gasteiger partial charge is 0.491 e. The molecule has 0 unspecified atom stereocenters. The molecule has 1 aromatic carbocycles. The Hall–Kier alpha value is -3.38. The van der Waals surface area contributed by atoms with Crippen LogP contribution in [0.4, 0.5) is 4.39 Å². The van der Waals surface area contributed by atoms with E-state index < -0.39 is 23.2 Å². The van der Waals surface area contributed by atoms with Crippen LogP contribution in [0.5, 0.6) is 5.75 Å². The zero-order chi connectivity index (χ0) is 21.9. The molecule has 1 atom stereocenters. The van der Waals surface area contributed by atoms with Crippen molar-refractivity contribution < 1.29 is 23.8 Å². The van der Waals surface area contributed by atoms with Crippen molar-refractivity contribution in [3.8, 4) is 29.0 Å². The number of carbonyl (C=O) groups excluding carboxylic acids is 2. The minimum Gasteiger partial charge on any atom is -0.491 e. The Morgan fingerprint density at radius 3 is 2.81 bits per heavy atom. The lowest BCUT2D eigenvalue weighted by Gasteiger charge is -2.13. The summed E-state index contributed by atoms with van der Waals surface area (Å²) < 4.78 is 22.4. The molecule has 0 spiro atoms. The number of primary amides is 1. The van der Waals surface area contributed by atoms with Crippen molar-refractivity contribution >= 4 is 11.8 Å². The van der Waals surface area contributed by atoms with Crippen molar-refractivity contribution in [1.82, 2.24) is 14.5 Å². The number of imidazole rings is 1. The second-order valence-corrected chi connectivity index (χ2v) is 8.22. The van der Waals surface area contributed by atoms with Gasteiger partial charge in [-0.2, -0.15) is 0 Å². The predicted octanol–water partition coefficient (Wildman–Crippen LogP) is 1.00. The first-order valence-electron chi connectivity index (χ1n) is 10.2. The summed E-state index contributed by atoms with van der Waals surface area (Å²) in [6.45, 7) is 1.13. The van der Waals surface area contributed by atoms with Gasteiger partial charge in [-0.05, 0) is 18.9 Å². The molecule has 0 bridgehead atoms. The van der Waals surface area contributed by atoms with E-state index in [1.807, 2.05) is 4.57 Å². The van der Waals surface area contributed by atoms with E-state index in [4.69, 9.17) is 10.5 Å². The van der Waals surface area contributed by atoms with Crippen molar-refractivity contribution in [3.05, 3.63) is 34.9 Å². The number of aliphatic hydroxyl groups is 1. The zero-order valence-corrected chi connectivity index (χ0v) is 16.9. The van der Waals surface area contributed by atoms with Crippen LogP contribution in [0.15, 0.2) is 12.1 Å². The Labute approximate surface area is 177 Å². The first-order valence-corrected chi connectivity index (χ1v) is 10.2. The summed E-state index contributed by atoms with van der Waals surface area (Å²) in [5.74, 6) is 4.41. The van der Waals surface area contributed by atoms with E-state index in [9.17, 15) is 19.1 Å². The minimum atomic E-state index is -1.83. The molecule has 1 saturated carbocycles. The summed E-state index contributed by atoms with van der Waals surface area (Å²) in [5.41, 5.74) is 5.25. The van der Waals surface area contributed by atoms with Gasteiger partial charge in [0.1, 0.15) is 29.7 Å². The number of aromatic nitrogens is 2. The van der Waals surface area contributed by atoms with Gasteiger partial charge in [-0.15, -0.1) is 0 Å². The number of ether oxygens (including phenoxy) is 1. The van der Waals surface area contributed by atoms with Crippen molar-refractivity contribution in [1.29, 1.82) is 0 Å². The normalized spacial score (nSPS) is 22.2. The van der Waals surface area contributed by atoms with Crippen molar-refractivity contribution in [2.24, 2.45) is 5.73 Å². The monoisotopic (exact) mass is 424 g/mol. The highest BCUT2D eigenvalue weighted by Crippen LogP contribution is 2.45. The number of fused-ring (bicyclic) bond motifs is 3. The number of hydrogen-bond donors (Lipinski definition) is 2. The Morgan fingerprint density at radius 2 is 2.16 bits per heavy atom. The summed E-state index contributed by atoms with van der Waals surface area (Å²) >= 11 is 0. The van der Waals surface area contributed by atoms with Crippen molar-refractivity contribution in [2.75, 3.05) is 20.2 Å². The molecule has 31 heavy (non-hydrogen) atoms. The fraction of sp³-hybridized carbons (Fsp3) is 0.409. The van der Waals surface area contributed by atoms with Crippen LogP contribution < -0.4 is 10.5 Å². The third kappa shape index (κ3) is 3.15. The van der Waals surface area contributed by atoms with Gasteiger partial charge in [0, 0.05) is 32.0 Å². The number of rotatable bonds is 2. The molecule has 5 rings (SSSR count). The average Bonchev–Trinajstić information content (AvgIpc) is 3.48. The van der Waals surface area contributed by atoms with Gasteiger partial charge in [-0.1, -0.05) is 11.8 Å². The van der Waals surface area contributed by atoms with Crippen LogP contribution in [0.2, 0.25) is 0 Å². The van der Waals surface area contributed by atoms with Gasteiger partial charge in [0.05, 0.1) is 23.4 Å². The molecule has 1 saturated heterocycles. The smallest absolute Gasteiger partial charge is 0.269 e. The number of likely N-dealkylation sites (tertiary alicyclic amines) is 1. The Kier molecular flexibility index (Phi) is 4.31. The molecule has 1 aromatic heterocycles. The van der Waals surface area contributed by atoms with Crippen LogP contribution in [0.25, 0.3) is 11.4 Å². The molecular formula is C22H21FN4O4. The van der Waals surface area contributed by atoms with E-state index in [0.717, 1.165) is 18.5 Å². The Balaban J connectivity index is 1.62. The molecule has 8 nitrogen and oxygen atoms in total. The summed E-state index contributed by atoms with van der Waals surface area (Å²) in [5, 5.41) is 10.5. The maximum atomic E-state index is 14.7. The molecule has 0 radical (unpaired) electrons. The zero-order valence-electron chi connectivity index (χ0n) is 16.9. The van der Waals surface area contributed by atoms with Gasteiger partial charge >= 0.3 is 0 Å². The summed E-state index contributed by atoms with van der Waals surface area (Å²) in [6, 6.07) is 2.70. The number of benzene rings is 1. The van der Waals surface area contributed by atoms with Gasteiger partial charge < -0.3 is 25.0 Å². The number of hydrogen-bond acceptors (Lipinski definition) is 5. The van der Waals surface area contributed by atoms with Gasteiger partial charge in [0.25, 0.3) is 11.8 Å². The number of halogens is 1. The van der Waals surface area contributed by atoms with Crippen molar-refractivity contribution in [3.63, 3.8) is 0 Å². The molecule has 2 aromatic rings. The molecule has 2 amide bonds. The van der Waals surface area contributed by atoms with Gasteiger partial charge in [0.15, 0.2) is 0 Å². The second kappa shape index (κ2) is 6.82. The first-order chi connectivity index (χ1) is 14.8. The fourth-order valence-corrected chi connectivity index (χ4v) is 4.18. The van der Waals surface area contributed by atoms with Crippen LogP contribution in [0, 0.1) is 17.7 Å². The third-order valence-electron chi connectivity index (χ3n) is 6.00. The number of amides is 2. The molecule has 3 aliphatic rings. The molecule has 2 aliphatic heterocycles. The van der Waals surface area contributed by atoms with Gasteiger partial charge in [-0.3, -0.25) is 9.59 Å². The van der Waals surface area contributed by atoms with Crippen LogP contribution >= 0.6 is 0 Å². The Bertz CT molecular complexity index is 1190. The number of carbonyl (C=O) groups is 2. The van der Waals surface area contributed by atoms with E-state index in [-0.39, 0.29) is 23.6 Å². The van der Waals surface area contributed by atoms with E-state index >= 15 is 0 Å². The maximum Gasteiger partial charge on any atom is 0.269 e. The van der Waals surface area contributed by atoms with Crippen LogP contribution in [-0.4, -0.2) is 57.2 Å². The SMILES string of the molecule is CN1CC[C@@](O)(C#Cc2cc3c(cc2F)OCCn2c-3nc(C(N)=O)c2C2CC2)C1=O.